The van der Waals surface area contributed by atoms with Crippen LogP contribution in [0, 0.1) is 10.1 Å². The van der Waals surface area contributed by atoms with Gasteiger partial charge in [0.2, 0.25) is 0 Å². The number of hydrogen-bond acceptors (Lipinski definition) is 4. The molecule has 0 atom stereocenters. The van der Waals surface area contributed by atoms with E-state index in [1.54, 1.807) is 18.2 Å². The van der Waals surface area contributed by atoms with E-state index in [0.717, 1.165) is 11.1 Å². The van der Waals surface area contributed by atoms with E-state index in [4.69, 9.17) is 4.84 Å². The van der Waals surface area contributed by atoms with Crippen molar-refractivity contribution >= 4 is 17.5 Å². The summed E-state index contributed by atoms with van der Waals surface area (Å²) in [6.45, 7) is 0. The molecule has 5 nitrogen and oxygen atoms in total. The fourth-order valence-electron chi connectivity index (χ4n) is 1.77. The molecule has 0 radical (unpaired) electrons. The number of benzene rings is 2. The van der Waals surface area contributed by atoms with Crippen LogP contribution in [0.1, 0.15) is 11.1 Å². The number of hydrogen-bond donors (Lipinski definition) is 0. The number of nitrogens with zero attached hydrogens (tertiary/aromatic N) is 2. The van der Waals surface area contributed by atoms with Crippen molar-refractivity contribution in [3.05, 3.63) is 81.9 Å². The highest BCUT2D eigenvalue weighted by atomic mass is 16.6. The minimum atomic E-state index is -0.434. The van der Waals surface area contributed by atoms with E-state index in [0.29, 0.717) is 5.71 Å². The lowest BCUT2D eigenvalue weighted by Crippen LogP contribution is -1.98. The minimum absolute atomic E-state index is 0.0440. The Balaban J connectivity index is 2.25. The van der Waals surface area contributed by atoms with Crippen LogP contribution >= 0.6 is 0 Å². The average Bonchev–Trinajstić information content (AvgIpc) is 2.52. The minimum Gasteiger partial charge on any atom is -0.399 e. The van der Waals surface area contributed by atoms with Crippen molar-refractivity contribution in [2.75, 3.05) is 7.11 Å². The van der Waals surface area contributed by atoms with Crippen molar-refractivity contribution < 1.29 is 9.76 Å². The molecule has 0 saturated carbocycles. The second kappa shape index (κ2) is 7.00. The quantitative estimate of drug-likeness (QED) is 0.477. The summed E-state index contributed by atoms with van der Waals surface area (Å²) in [5.41, 5.74) is 2.41. The van der Waals surface area contributed by atoms with E-state index in [9.17, 15) is 10.1 Å². The van der Waals surface area contributed by atoms with E-state index in [2.05, 4.69) is 5.16 Å². The molecule has 0 spiro atoms. The van der Waals surface area contributed by atoms with Crippen LogP contribution in [0.25, 0.3) is 6.08 Å². The van der Waals surface area contributed by atoms with E-state index >= 15 is 0 Å². The number of allylic oxidation sites excluding steroid dienone is 1. The fourth-order valence-corrected chi connectivity index (χ4v) is 1.77. The maximum atomic E-state index is 10.7. The first-order valence-electron chi connectivity index (χ1n) is 6.30. The molecule has 0 aliphatic carbocycles. The van der Waals surface area contributed by atoms with Gasteiger partial charge in [0.15, 0.2) is 0 Å². The zero-order valence-electron chi connectivity index (χ0n) is 11.5. The van der Waals surface area contributed by atoms with Gasteiger partial charge >= 0.3 is 0 Å². The standard InChI is InChI=1S/C16H14N2O3/c1-21-17-16(12-7-13-5-3-2-4-6-13)14-8-10-15(11-9-14)18(19)20/h2-12H,1H3/b12-7+,17-16-. The van der Waals surface area contributed by atoms with Gasteiger partial charge in [-0.3, -0.25) is 10.1 Å². The first-order chi connectivity index (χ1) is 10.2. The molecule has 0 heterocycles. The lowest BCUT2D eigenvalue weighted by molar-refractivity contribution is -0.384. The van der Waals surface area contributed by atoms with Crippen LogP contribution in [0.5, 0.6) is 0 Å². The van der Waals surface area contributed by atoms with Gasteiger partial charge in [0.25, 0.3) is 5.69 Å². The van der Waals surface area contributed by atoms with Crippen molar-refractivity contribution in [3.8, 4) is 0 Å². The number of rotatable bonds is 5. The van der Waals surface area contributed by atoms with Gasteiger partial charge < -0.3 is 4.84 Å². The van der Waals surface area contributed by atoms with Crippen LogP contribution in [0.2, 0.25) is 0 Å². The molecule has 0 aliphatic heterocycles. The van der Waals surface area contributed by atoms with Crippen molar-refractivity contribution in [1.82, 2.24) is 0 Å². The van der Waals surface area contributed by atoms with Crippen molar-refractivity contribution in [2.24, 2.45) is 5.16 Å². The maximum Gasteiger partial charge on any atom is 0.269 e. The topological polar surface area (TPSA) is 64.7 Å². The Kier molecular flexibility index (Phi) is 4.82. The molecular weight excluding hydrogens is 268 g/mol. The zero-order valence-corrected chi connectivity index (χ0v) is 11.5. The molecule has 21 heavy (non-hydrogen) atoms. The molecule has 0 N–H and O–H groups in total. The predicted molar refractivity (Wildman–Crippen MR) is 82.1 cm³/mol. The Morgan fingerprint density at radius 1 is 1.14 bits per heavy atom. The third-order valence-corrected chi connectivity index (χ3v) is 2.80. The molecule has 2 aromatic carbocycles. The van der Waals surface area contributed by atoms with Crippen molar-refractivity contribution in [1.29, 1.82) is 0 Å². The van der Waals surface area contributed by atoms with Crippen molar-refractivity contribution in [2.45, 2.75) is 0 Å². The van der Waals surface area contributed by atoms with Crippen molar-refractivity contribution in [3.63, 3.8) is 0 Å². The largest absolute Gasteiger partial charge is 0.399 e. The molecule has 2 aromatic rings. The van der Waals surface area contributed by atoms with Gasteiger partial charge in [0.05, 0.1) is 4.92 Å². The van der Waals surface area contributed by atoms with Crippen LogP contribution in [0.3, 0.4) is 0 Å². The summed E-state index contributed by atoms with van der Waals surface area (Å²) in [6, 6.07) is 15.9. The fraction of sp³-hybridized carbons (Fsp3) is 0.0625. The monoisotopic (exact) mass is 282 g/mol. The van der Waals surface area contributed by atoms with E-state index < -0.39 is 4.92 Å². The normalized spacial score (nSPS) is 11.6. The molecule has 0 saturated heterocycles. The molecule has 0 amide bonds. The van der Waals surface area contributed by atoms with Crippen LogP contribution in [-0.4, -0.2) is 17.7 Å². The molecule has 2 rings (SSSR count). The SMILES string of the molecule is CO/N=C(/C=C/c1ccccc1)c1ccc([N+](=O)[O-])cc1. The van der Waals surface area contributed by atoms with Gasteiger partial charge in [0, 0.05) is 17.7 Å². The average molecular weight is 282 g/mol. The molecular formula is C16H14N2O3. The van der Waals surface area contributed by atoms with Gasteiger partial charge in [-0.25, -0.2) is 0 Å². The highest BCUT2D eigenvalue weighted by Crippen LogP contribution is 2.14. The van der Waals surface area contributed by atoms with Crippen LogP contribution in [0.4, 0.5) is 5.69 Å². The van der Waals surface area contributed by atoms with Gasteiger partial charge in [0.1, 0.15) is 12.8 Å². The summed E-state index contributed by atoms with van der Waals surface area (Å²) in [7, 11) is 1.46. The Hall–Kier alpha value is -2.95. The summed E-state index contributed by atoms with van der Waals surface area (Å²) in [6.07, 6.45) is 3.71. The number of non-ortho nitro benzene ring substituents is 1. The first kappa shape index (κ1) is 14.5. The van der Waals surface area contributed by atoms with Gasteiger partial charge in [-0.05, 0) is 23.8 Å². The van der Waals surface area contributed by atoms with Gasteiger partial charge in [-0.15, -0.1) is 0 Å². The lowest BCUT2D eigenvalue weighted by Gasteiger charge is -2.01. The number of nitro benzene ring substituents is 1. The summed E-state index contributed by atoms with van der Waals surface area (Å²) < 4.78 is 0. The Morgan fingerprint density at radius 3 is 2.38 bits per heavy atom. The molecule has 0 unspecified atom stereocenters. The van der Waals surface area contributed by atoms with Crippen LogP contribution in [0.15, 0.2) is 65.8 Å². The number of oxime groups is 1. The smallest absolute Gasteiger partial charge is 0.269 e. The first-order valence-corrected chi connectivity index (χ1v) is 6.30. The highest BCUT2D eigenvalue weighted by molar-refractivity contribution is 6.10. The third-order valence-electron chi connectivity index (χ3n) is 2.80. The second-order valence-corrected chi connectivity index (χ2v) is 4.21. The van der Waals surface area contributed by atoms with Crippen LogP contribution in [-0.2, 0) is 4.84 Å². The Morgan fingerprint density at radius 2 is 1.81 bits per heavy atom. The number of nitro groups is 1. The Labute approximate surface area is 122 Å². The van der Waals surface area contributed by atoms with E-state index in [1.807, 2.05) is 36.4 Å². The molecule has 106 valence electrons. The molecule has 0 aromatic heterocycles. The van der Waals surface area contributed by atoms with Gasteiger partial charge in [-0.1, -0.05) is 41.6 Å². The summed E-state index contributed by atoms with van der Waals surface area (Å²) in [5, 5.41) is 14.6. The van der Waals surface area contributed by atoms with Crippen LogP contribution < -0.4 is 0 Å². The molecule has 0 aliphatic rings. The van der Waals surface area contributed by atoms with E-state index in [-0.39, 0.29) is 5.69 Å². The molecule has 5 heteroatoms. The predicted octanol–water partition coefficient (Wildman–Crippen LogP) is 3.66. The maximum absolute atomic E-state index is 10.7. The highest BCUT2D eigenvalue weighted by Gasteiger charge is 2.06. The summed E-state index contributed by atoms with van der Waals surface area (Å²) in [5.74, 6) is 0. The van der Waals surface area contributed by atoms with E-state index in [1.165, 1.54) is 19.2 Å². The van der Waals surface area contributed by atoms with Gasteiger partial charge in [-0.2, -0.15) is 0 Å². The molecule has 0 fully saturated rings. The third kappa shape index (κ3) is 4.01. The second-order valence-electron chi connectivity index (χ2n) is 4.21. The summed E-state index contributed by atoms with van der Waals surface area (Å²) >= 11 is 0. The molecule has 0 bridgehead atoms. The zero-order chi connectivity index (χ0) is 15.1. The summed E-state index contributed by atoms with van der Waals surface area (Å²) in [4.78, 5) is 15.0. The lowest BCUT2D eigenvalue weighted by atomic mass is 10.1. The Bertz CT molecular complexity index is 662.